The lowest BCUT2D eigenvalue weighted by molar-refractivity contribution is 0.686. The zero-order chi connectivity index (χ0) is 9.97. The second-order valence-electron chi connectivity index (χ2n) is 3.91. The van der Waals surface area contributed by atoms with Crippen LogP contribution in [0.15, 0.2) is 23.2 Å². The molecule has 0 saturated heterocycles. The van der Waals surface area contributed by atoms with Gasteiger partial charge in [-0.2, -0.15) is 0 Å². The highest BCUT2D eigenvalue weighted by Crippen LogP contribution is 2.25. The average Bonchev–Trinajstić information content (AvgIpc) is 2.17. The first-order valence-electron chi connectivity index (χ1n) is 5.18. The molecule has 0 spiro atoms. The van der Waals surface area contributed by atoms with E-state index in [-0.39, 0.29) is 0 Å². The summed E-state index contributed by atoms with van der Waals surface area (Å²) in [4.78, 5) is 4.26. The minimum atomic E-state index is 0.626. The summed E-state index contributed by atoms with van der Waals surface area (Å²) in [5.74, 6) is 0.626. The van der Waals surface area contributed by atoms with Crippen LogP contribution in [0.25, 0.3) is 0 Å². The van der Waals surface area contributed by atoms with E-state index in [0.29, 0.717) is 5.84 Å². The van der Waals surface area contributed by atoms with Gasteiger partial charge >= 0.3 is 0 Å². The van der Waals surface area contributed by atoms with Gasteiger partial charge in [-0.25, -0.2) is 4.99 Å². The van der Waals surface area contributed by atoms with E-state index in [1.165, 1.54) is 36.8 Å². The standard InChI is InChI=1S/C12H16N2/c1-9(13)14-12-7-6-10-4-2-3-5-11(10)8-12/h6-8H,2-5H2,1H3,(H2,13,14). The van der Waals surface area contributed by atoms with Crippen LogP contribution in [0.4, 0.5) is 5.69 Å². The molecule has 74 valence electrons. The van der Waals surface area contributed by atoms with Crippen LogP contribution in [0.2, 0.25) is 0 Å². The maximum atomic E-state index is 5.55. The Bertz CT molecular complexity index is 363. The molecule has 0 amide bonds. The van der Waals surface area contributed by atoms with E-state index in [1.54, 1.807) is 0 Å². The first-order chi connectivity index (χ1) is 6.75. The van der Waals surface area contributed by atoms with Gasteiger partial charge in [0.15, 0.2) is 0 Å². The van der Waals surface area contributed by atoms with Gasteiger partial charge in [0.25, 0.3) is 0 Å². The molecule has 0 heterocycles. The van der Waals surface area contributed by atoms with Gasteiger partial charge in [0, 0.05) is 0 Å². The molecule has 0 saturated carbocycles. The number of fused-ring (bicyclic) bond motifs is 1. The number of benzene rings is 1. The summed E-state index contributed by atoms with van der Waals surface area (Å²) in [5.41, 5.74) is 9.49. The lowest BCUT2D eigenvalue weighted by Gasteiger charge is -2.15. The van der Waals surface area contributed by atoms with Gasteiger partial charge in [0.1, 0.15) is 0 Å². The van der Waals surface area contributed by atoms with E-state index in [2.05, 4.69) is 23.2 Å². The molecule has 1 aromatic carbocycles. The summed E-state index contributed by atoms with van der Waals surface area (Å²) in [6, 6.07) is 6.42. The van der Waals surface area contributed by atoms with Gasteiger partial charge in [-0.15, -0.1) is 0 Å². The number of nitrogens with two attached hydrogens (primary N) is 1. The van der Waals surface area contributed by atoms with E-state index in [9.17, 15) is 0 Å². The molecule has 0 aromatic heterocycles. The van der Waals surface area contributed by atoms with Crippen LogP contribution in [-0.2, 0) is 12.8 Å². The lowest BCUT2D eigenvalue weighted by atomic mass is 9.91. The monoisotopic (exact) mass is 188 g/mol. The Balaban J connectivity index is 2.34. The number of aliphatic imine (C=N–C) groups is 1. The second-order valence-corrected chi connectivity index (χ2v) is 3.91. The number of aryl methyl sites for hydroxylation is 2. The zero-order valence-electron chi connectivity index (χ0n) is 8.59. The van der Waals surface area contributed by atoms with Gasteiger partial charge in [-0.3, -0.25) is 0 Å². The normalized spacial score (nSPS) is 16.5. The highest BCUT2D eigenvalue weighted by Gasteiger charge is 2.08. The molecule has 2 rings (SSSR count). The molecule has 0 atom stereocenters. The Morgan fingerprint density at radius 3 is 2.64 bits per heavy atom. The summed E-state index contributed by atoms with van der Waals surface area (Å²) in [5, 5.41) is 0. The molecular formula is C12H16N2. The number of rotatable bonds is 1. The highest BCUT2D eigenvalue weighted by molar-refractivity contribution is 5.80. The third-order valence-corrected chi connectivity index (χ3v) is 2.64. The van der Waals surface area contributed by atoms with Crippen LogP contribution in [0, 0.1) is 0 Å². The molecule has 1 aromatic rings. The summed E-state index contributed by atoms with van der Waals surface area (Å²) in [7, 11) is 0. The smallest absolute Gasteiger partial charge is 0.0964 e. The van der Waals surface area contributed by atoms with Crippen molar-refractivity contribution in [2.24, 2.45) is 10.7 Å². The minimum Gasteiger partial charge on any atom is -0.387 e. The van der Waals surface area contributed by atoms with Crippen molar-refractivity contribution in [2.45, 2.75) is 32.6 Å². The molecule has 0 bridgehead atoms. The minimum absolute atomic E-state index is 0.626. The Kier molecular flexibility index (Phi) is 2.53. The van der Waals surface area contributed by atoms with Crippen molar-refractivity contribution in [2.75, 3.05) is 0 Å². The molecule has 0 fully saturated rings. The molecule has 2 N–H and O–H groups in total. The fourth-order valence-corrected chi connectivity index (χ4v) is 1.99. The van der Waals surface area contributed by atoms with E-state index in [0.717, 1.165) is 5.69 Å². The van der Waals surface area contributed by atoms with Crippen LogP contribution in [0.3, 0.4) is 0 Å². The highest BCUT2D eigenvalue weighted by atomic mass is 14.8. The van der Waals surface area contributed by atoms with Gasteiger partial charge in [0.2, 0.25) is 0 Å². The summed E-state index contributed by atoms with van der Waals surface area (Å²) >= 11 is 0. The molecule has 2 heteroatoms. The lowest BCUT2D eigenvalue weighted by Crippen LogP contribution is -2.05. The average molecular weight is 188 g/mol. The van der Waals surface area contributed by atoms with Crippen molar-refractivity contribution in [3.8, 4) is 0 Å². The van der Waals surface area contributed by atoms with Crippen molar-refractivity contribution >= 4 is 11.5 Å². The van der Waals surface area contributed by atoms with E-state index in [4.69, 9.17) is 5.73 Å². The molecule has 1 aliphatic rings. The fraction of sp³-hybridized carbons (Fsp3) is 0.417. The van der Waals surface area contributed by atoms with Crippen molar-refractivity contribution in [3.05, 3.63) is 29.3 Å². The van der Waals surface area contributed by atoms with Crippen molar-refractivity contribution in [1.29, 1.82) is 0 Å². The van der Waals surface area contributed by atoms with E-state index in [1.807, 2.05) is 6.92 Å². The van der Waals surface area contributed by atoms with Gasteiger partial charge in [-0.05, 0) is 55.9 Å². The molecule has 2 nitrogen and oxygen atoms in total. The van der Waals surface area contributed by atoms with Gasteiger partial charge in [-0.1, -0.05) is 6.07 Å². The Labute approximate surface area is 84.9 Å². The topological polar surface area (TPSA) is 38.4 Å². The Hall–Kier alpha value is -1.31. The Morgan fingerprint density at radius 2 is 1.93 bits per heavy atom. The van der Waals surface area contributed by atoms with E-state index < -0.39 is 0 Å². The molecular weight excluding hydrogens is 172 g/mol. The Morgan fingerprint density at radius 1 is 1.21 bits per heavy atom. The maximum absolute atomic E-state index is 5.55. The largest absolute Gasteiger partial charge is 0.387 e. The quantitative estimate of drug-likeness (QED) is 0.534. The number of hydrogen-bond acceptors (Lipinski definition) is 1. The maximum Gasteiger partial charge on any atom is 0.0964 e. The SMILES string of the molecule is CC(N)=Nc1ccc2c(c1)CCCC2. The van der Waals surface area contributed by atoms with Crippen LogP contribution in [-0.4, -0.2) is 5.84 Å². The summed E-state index contributed by atoms with van der Waals surface area (Å²) in [6.07, 6.45) is 5.05. The summed E-state index contributed by atoms with van der Waals surface area (Å²) < 4.78 is 0. The van der Waals surface area contributed by atoms with E-state index >= 15 is 0 Å². The molecule has 0 aliphatic heterocycles. The number of hydrogen-bond donors (Lipinski definition) is 1. The predicted octanol–water partition coefficient (Wildman–Crippen LogP) is 2.57. The zero-order valence-corrected chi connectivity index (χ0v) is 8.59. The third kappa shape index (κ3) is 1.95. The van der Waals surface area contributed by atoms with Crippen LogP contribution < -0.4 is 5.73 Å². The first-order valence-corrected chi connectivity index (χ1v) is 5.18. The van der Waals surface area contributed by atoms with Crippen LogP contribution in [0.5, 0.6) is 0 Å². The summed E-state index contributed by atoms with van der Waals surface area (Å²) in [6.45, 7) is 1.82. The van der Waals surface area contributed by atoms with Crippen LogP contribution >= 0.6 is 0 Å². The second kappa shape index (κ2) is 3.82. The number of amidine groups is 1. The predicted molar refractivity (Wildman–Crippen MR) is 60.0 cm³/mol. The number of nitrogens with zero attached hydrogens (tertiary/aromatic N) is 1. The molecule has 1 aliphatic carbocycles. The third-order valence-electron chi connectivity index (χ3n) is 2.64. The van der Waals surface area contributed by atoms with Crippen LogP contribution in [0.1, 0.15) is 30.9 Å². The first kappa shape index (κ1) is 9.25. The van der Waals surface area contributed by atoms with Crippen molar-refractivity contribution in [1.82, 2.24) is 0 Å². The van der Waals surface area contributed by atoms with Crippen molar-refractivity contribution in [3.63, 3.8) is 0 Å². The molecule has 0 radical (unpaired) electrons. The van der Waals surface area contributed by atoms with Crippen molar-refractivity contribution < 1.29 is 0 Å². The van der Waals surface area contributed by atoms with Gasteiger partial charge < -0.3 is 5.73 Å². The molecule has 0 unspecified atom stereocenters. The van der Waals surface area contributed by atoms with Gasteiger partial charge in [0.05, 0.1) is 11.5 Å². The fourth-order valence-electron chi connectivity index (χ4n) is 1.99. The molecule has 14 heavy (non-hydrogen) atoms.